The van der Waals surface area contributed by atoms with Crippen LogP contribution in [0.3, 0.4) is 0 Å². The van der Waals surface area contributed by atoms with E-state index in [-0.39, 0.29) is 12.0 Å². The molecule has 0 aliphatic heterocycles. The van der Waals surface area contributed by atoms with Gasteiger partial charge in [0, 0.05) is 11.8 Å². The van der Waals surface area contributed by atoms with Crippen molar-refractivity contribution in [1.29, 1.82) is 0 Å². The van der Waals surface area contributed by atoms with Gasteiger partial charge in [0.2, 0.25) is 0 Å². The normalized spacial score (nSPS) is 48.0. The Labute approximate surface area is 170 Å². The zero-order valence-corrected chi connectivity index (χ0v) is 18.0. The molecule has 4 aliphatic carbocycles. The third kappa shape index (κ3) is 2.72. The number of rotatable bonds is 5. The van der Waals surface area contributed by atoms with Crippen LogP contribution in [0.1, 0.15) is 66.2 Å². The van der Waals surface area contributed by atoms with E-state index in [2.05, 4.69) is 27.7 Å². The van der Waals surface area contributed by atoms with Crippen LogP contribution in [-0.2, 0) is 4.79 Å². The van der Waals surface area contributed by atoms with Gasteiger partial charge in [-0.2, -0.15) is 0 Å². The van der Waals surface area contributed by atoms with Gasteiger partial charge in [-0.25, -0.2) is 0 Å². The smallest absolute Gasteiger partial charge is 0.155 e. The second-order valence-corrected chi connectivity index (χ2v) is 10.4. The highest BCUT2D eigenvalue weighted by atomic mass is 16.3. The molecule has 2 N–H and O–H groups in total. The van der Waals surface area contributed by atoms with Gasteiger partial charge in [-0.1, -0.05) is 45.4 Å². The molecular formula is C25H38O3. The lowest BCUT2D eigenvalue weighted by Crippen LogP contribution is -2.54. The van der Waals surface area contributed by atoms with Gasteiger partial charge in [0.15, 0.2) is 5.78 Å². The lowest BCUT2D eigenvalue weighted by Gasteiger charge is -2.55. The van der Waals surface area contributed by atoms with Gasteiger partial charge in [0.1, 0.15) is 0 Å². The van der Waals surface area contributed by atoms with Crippen LogP contribution in [-0.4, -0.2) is 28.2 Å². The van der Waals surface area contributed by atoms with E-state index in [1.807, 2.05) is 12.2 Å². The Kier molecular flexibility index (Phi) is 5.15. The van der Waals surface area contributed by atoms with Crippen molar-refractivity contribution in [3.63, 3.8) is 0 Å². The molecule has 0 amide bonds. The quantitative estimate of drug-likeness (QED) is 0.682. The highest BCUT2D eigenvalue weighted by molar-refractivity contribution is 5.91. The van der Waals surface area contributed by atoms with E-state index in [9.17, 15) is 15.0 Å². The van der Waals surface area contributed by atoms with Crippen molar-refractivity contribution in [3.8, 4) is 0 Å². The Morgan fingerprint density at radius 3 is 2.68 bits per heavy atom. The van der Waals surface area contributed by atoms with Gasteiger partial charge in [0.05, 0.1) is 12.2 Å². The molecule has 0 bridgehead atoms. The minimum absolute atomic E-state index is 0.000974. The Bertz CT molecular complexity index is 692. The molecule has 0 aromatic heterocycles. The summed E-state index contributed by atoms with van der Waals surface area (Å²) in [5, 5.41) is 21.1. The van der Waals surface area contributed by atoms with Crippen molar-refractivity contribution in [2.45, 2.75) is 71.8 Å². The molecule has 3 nitrogen and oxygen atoms in total. The number of hydrogen-bond donors (Lipinski definition) is 2. The zero-order valence-electron chi connectivity index (χ0n) is 18.0. The summed E-state index contributed by atoms with van der Waals surface area (Å²) in [4.78, 5) is 12.1. The molecule has 28 heavy (non-hydrogen) atoms. The number of carbonyl (C=O) groups excluding carboxylic acids is 1. The summed E-state index contributed by atoms with van der Waals surface area (Å²) in [5.74, 6) is 4.01. The molecule has 3 heteroatoms. The van der Waals surface area contributed by atoms with Gasteiger partial charge in [-0.15, -0.1) is 0 Å². The highest BCUT2D eigenvalue weighted by Crippen LogP contribution is 2.76. The van der Waals surface area contributed by atoms with Crippen LogP contribution in [0.2, 0.25) is 0 Å². The van der Waals surface area contributed by atoms with Crippen molar-refractivity contribution < 1.29 is 15.0 Å². The van der Waals surface area contributed by atoms with Gasteiger partial charge in [-0.3, -0.25) is 4.79 Å². The number of carbonyl (C=O) groups is 1. The zero-order chi connectivity index (χ0) is 20.3. The van der Waals surface area contributed by atoms with Crippen LogP contribution in [0.5, 0.6) is 0 Å². The SMILES string of the molecule is CCC12CCC(C3CCC(=O)C=C3C(C)C)C(C)C1[C@@H]1CC1C2(O)/C=C\CO. The molecule has 3 fully saturated rings. The first-order valence-corrected chi connectivity index (χ1v) is 11.6. The molecule has 0 radical (unpaired) electrons. The number of allylic oxidation sites excluding steroid dienone is 2. The number of ketones is 1. The topological polar surface area (TPSA) is 57.5 Å². The van der Waals surface area contributed by atoms with Crippen LogP contribution in [0.25, 0.3) is 0 Å². The third-order valence-electron chi connectivity index (χ3n) is 9.22. The summed E-state index contributed by atoms with van der Waals surface area (Å²) in [5.41, 5.74) is 0.574. The molecule has 8 atom stereocenters. The van der Waals surface area contributed by atoms with Gasteiger partial charge in [-0.05, 0) is 79.6 Å². The summed E-state index contributed by atoms with van der Waals surface area (Å²) in [7, 11) is 0. The van der Waals surface area contributed by atoms with Crippen molar-refractivity contribution in [2.24, 2.45) is 46.8 Å². The van der Waals surface area contributed by atoms with Crippen LogP contribution < -0.4 is 0 Å². The lowest BCUT2D eigenvalue weighted by molar-refractivity contribution is -0.120. The van der Waals surface area contributed by atoms with E-state index in [1.54, 1.807) is 6.08 Å². The molecule has 7 unspecified atom stereocenters. The molecule has 0 aromatic carbocycles. The lowest BCUT2D eigenvalue weighted by atomic mass is 9.50. The standard InChI is InChI=1S/C25H38O3/c1-5-24-11-9-18(19-8-7-17(27)13-20(19)15(2)3)16(4)23(24)21-14-22(21)25(24,28)10-6-12-26/h6,10,13,15-16,18-19,21-23,26,28H,5,7-9,11-12,14H2,1-4H3/b10-6-/t16?,18?,19?,21-,22?,23?,24?,25?/m1/s1. The highest BCUT2D eigenvalue weighted by Gasteiger charge is 2.75. The van der Waals surface area contributed by atoms with E-state index < -0.39 is 5.60 Å². The Balaban J connectivity index is 1.66. The second-order valence-electron chi connectivity index (χ2n) is 10.4. The first-order valence-electron chi connectivity index (χ1n) is 11.6. The maximum Gasteiger partial charge on any atom is 0.155 e. The minimum Gasteiger partial charge on any atom is -0.392 e. The van der Waals surface area contributed by atoms with E-state index in [1.165, 1.54) is 5.57 Å². The van der Waals surface area contributed by atoms with Crippen molar-refractivity contribution in [2.75, 3.05) is 6.61 Å². The van der Waals surface area contributed by atoms with Gasteiger partial charge in [0.25, 0.3) is 0 Å². The summed E-state index contributed by atoms with van der Waals surface area (Å²) in [6.07, 6.45) is 11.7. The van der Waals surface area contributed by atoms with Crippen molar-refractivity contribution >= 4 is 5.78 Å². The van der Waals surface area contributed by atoms with E-state index in [0.717, 1.165) is 32.1 Å². The van der Waals surface area contributed by atoms with Crippen LogP contribution in [0, 0.1) is 46.8 Å². The number of aliphatic hydroxyl groups is 2. The van der Waals surface area contributed by atoms with Gasteiger partial charge < -0.3 is 10.2 Å². The summed E-state index contributed by atoms with van der Waals surface area (Å²) < 4.78 is 0. The van der Waals surface area contributed by atoms with Gasteiger partial charge >= 0.3 is 0 Å². The van der Waals surface area contributed by atoms with Crippen LogP contribution >= 0.6 is 0 Å². The first kappa shape index (κ1) is 20.3. The first-order chi connectivity index (χ1) is 13.3. The molecule has 4 aliphatic rings. The Morgan fingerprint density at radius 2 is 2.04 bits per heavy atom. The summed E-state index contributed by atoms with van der Waals surface area (Å²) >= 11 is 0. The molecule has 0 saturated heterocycles. The number of hydrogen-bond acceptors (Lipinski definition) is 3. The average molecular weight is 387 g/mol. The molecule has 0 spiro atoms. The molecule has 0 heterocycles. The van der Waals surface area contributed by atoms with Crippen molar-refractivity contribution in [3.05, 3.63) is 23.8 Å². The fourth-order valence-electron chi connectivity index (χ4n) is 8.05. The van der Waals surface area contributed by atoms with E-state index in [0.29, 0.717) is 53.6 Å². The summed E-state index contributed by atoms with van der Waals surface area (Å²) in [6, 6.07) is 0. The molecule has 156 valence electrons. The molecule has 4 rings (SSSR count). The fourth-order valence-corrected chi connectivity index (χ4v) is 8.05. The molecule has 0 aromatic rings. The third-order valence-corrected chi connectivity index (χ3v) is 9.22. The summed E-state index contributed by atoms with van der Waals surface area (Å²) in [6.45, 7) is 9.14. The Morgan fingerprint density at radius 1 is 1.29 bits per heavy atom. The monoisotopic (exact) mass is 386 g/mol. The molecular weight excluding hydrogens is 348 g/mol. The van der Waals surface area contributed by atoms with E-state index >= 15 is 0 Å². The second kappa shape index (κ2) is 7.09. The maximum atomic E-state index is 12.1. The van der Waals surface area contributed by atoms with Crippen LogP contribution in [0.15, 0.2) is 23.8 Å². The minimum atomic E-state index is -0.752. The number of fused-ring (bicyclic) bond motifs is 3. The average Bonchev–Trinajstić information content (AvgIpc) is 3.43. The van der Waals surface area contributed by atoms with Crippen LogP contribution in [0.4, 0.5) is 0 Å². The number of aliphatic hydroxyl groups excluding tert-OH is 1. The predicted octanol–water partition coefficient (Wildman–Crippen LogP) is 4.54. The van der Waals surface area contributed by atoms with E-state index in [4.69, 9.17) is 0 Å². The Hall–Kier alpha value is -0.930. The predicted molar refractivity (Wildman–Crippen MR) is 112 cm³/mol. The van der Waals surface area contributed by atoms with Crippen molar-refractivity contribution in [1.82, 2.24) is 0 Å². The molecule has 3 saturated carbocycles. The fraction of sp³-hybridized carbons (Fsp3) is 0.800. The largest absolute Gasteiger partial charge is 0.392 e. The maximum absolute atomic E-state index is 12.1.